The minimum absolute atomic E-state index is 0.0445. The summed E-state index contributed by atoms with van der Waals surface area (Å²) in [5.41, 5.74) is 1.20. The van der Waals surface area contributed by atoms with Gasteiger partial charge in [0.15, 0.2) is 5.75 Å². The van der Waals surface area contributed by atoms with Crippen LogP contribution in [0.15, 0.2) is 42.5 Å². The Labute approximate surface area is 151 Å². The van der Waals surface area contributed by atoms with Crippen molar-refractivity contribution in [2.75, 3.05) is 5.32 Å². The van der Waals surface area contributed by atoms with E-state index in [4.69, 9.17) is 4.74 Å². The van der Waals surface area contributed by atoms with Gasteiger partial charge in [-0.15, -0.1) is 0 Å². The molecule has 6 nitrogen and oxygen atoms in total. The molecule has 0 atom stereocenters. The molecular formula is C19H18BNO5. The van der Waals surface area contributed by atoms with Crippen LogP contribution in [0.3, 0.4) is 0 Å². The SMILES string of the molecule is CC1(C)C=Cc2cccc(NC(=O)c3ccc(B(O)O)c(C=O)c3)c2O1. The molecule has 0 saturated carbocycles. The first-order valence-electron chi connectivity index (χ1n) is 8.08. The molecule has 1 aliphatic heterocycles. The fourth-order valence-electron chi connectivity index (χ4n) is 2.73. The van der Waals surface area contributed by atoms with E-state index in [1.807, 2.05) is 38.1 Å². The Bertz CT molecular complexity index is 905. The first kappa shape index (κ1) is 17.9. The van der Waals surface area contributed by atoms with Gasteiger partial charge in [0, 0.05) is 16.7 Å². The molecule has 0 aromatic heterocycles. The number of aldehydes is 1. The molecule has 2 aromatic carbocycles. The van der Waals surface area contributed by atoms with Crippen molar-refractivity contribution >= 4 is 36.5 Å². The molecule has 0 bridgehead atoms. The molecule has 7 heteroatoms. The minimum atomic E-state index is -1.78. The zero-order valence-corrected chi connectivity index (χ0v) is 14.4. The monoisotopic (exact) mass is 351 g/mol. The van der Waals surface area contributed by atoms with Gasteiger partial charge in [-0.25, -0.2) is 0 Å². The van der Waals surface area contributed by atoms with Crippen LogP contribution >= 0.6 is 0 Å². The average molecular weight is 351 g/mol. The number of hydrogen-bond acceptors (Lipinski definition) is 5. The van der Waals surface area contributed by atoms with Crippen LogP contribution in [0, 0.1) is 0 Å². The molecule has 0 saturated heterocycles. The summed E-state index contributed by atoms with van der Waals surface area (Å²) in [6.07, 6.45) is 4.36. The van der Waals surface area contributed by atoms with Crippen LogP contribution in [-0.2, 0) is 0 Å². The predicted molar refractivity (Wildman–Crippen MR) is 99.8 cm³/mol. The molecule has 3 rings (SSSR count). The molecular weight excluding hydrogens is 333 g/mol. The Hall–Kier alpha value is -2.90. The number of amides is 1. The molecule has 1 aliphatic rings. The fraction of sp³-hybridized carbons (Fsp3) is 0.158. The molecule has 0 unspecified atom stereocenters. The van der Waals surface area contributed by atoms with E-state index in [2.05, 4.69) is 5.32 Å². The molecule has 132 valence electrons. The van der Waals surface area contributed by atoms with E-state index < -0.39 is 18.6 Å². The smallest absolute Gasteiger partial charge is 0.481 e. The maximum Gasteiger partial charge on any atom is 0.489 e. The molecule has 1 amide bonds. The van der Waals surface area contributed by atoms with Crippen LogP contribution in [-0.4, -0.2) is 35.0 Å². The standard InChI is InChI=1S/C19H18BNO5/c1-19(2)9-8-12-4-3-5-16(17(12)26-19)21-18(23)13-6-7-15(20(24)25)14(10-13)11-22/h3-11,24-25H,1-2H3,(H,21,23). The molecule has 0 fully saturated rings. The van der Waals surface area contributed by atoms with E-state index in [1.165, 1.54) is 18.2 Å². The Morgan fingerprint density at radius 2 is 2.00 bits per heavy atom. The topological polar surface area (TPSA) is 95.9 Å². The number of benzene rings is 2. The maximum atomic E-state index is 12.6. The summed E-state index contributed by atoms with van der Waals surface area (Å²) in [6.45, 7) is 3.83. The minimum Gasteiger partial charge on any atom is -0.481 e. The number of rotatable bonds is 4. The van der Waals surface area contributed by atoms with Gasteiger partial charge in [-0.1, -0.05) is 24.3 Å². The second-order valence-corrected chi connectivity index (χ2v) is 6.55. The molecule has 3 N–H and O–H groups in total. The summed E-state index contributed by atoms with van der Waals surface area (Å²) in [5, 5.41) is 21.3. The average Bonchev–Trinajstić information content (AvgIpc) is 2.61. The van der Waals surface area contributed by atoms with E-state index in [0.29, 0.717) is 17.7 Å². The van der Waals surface area contributed by atoms with E-state index in [1.54, 1.807) is 6.07 Å². The third-order valence-corrected chi connectivity index (χ3v) is 4.08. The van der Waals surface area contributed by atoms with Gasteiger partial charge in [-0.05, 0) is 43.6 Å². The van der Waals surface area contributed by atoms with Crippen molar-refractivity contribution in [2.24, 2.45) is 0 Å². The van der Waals surface area contributed by atoms with Crippen LogP contribution in [0.1, 0.15) is 40.1 Å². The van der Waals surface area contributed by atoms with Gasteiger partial charge in [0.1, 0.15) is 11.9 Å². The van der Waals surface area contributed by atoms with E-state index in [0.717, 1.165) is 5.56 Å². The van der Waals surface area contributed by atoms with Crippen LogP contribution in [0.2, 0.25) is 0 Å². The maximum absolute atomic E-state index is 12.6. The van der Waals surface area contributed by atoms with Crippen molar-refractivity contribution in [1.82, 2.24) is 0 Å². The lowest BCUT2D eigenvalue weighted by Crippen LogP contribution is -2.33. The Balaban J connectivity index is 1.90. The van der Waals surface area contributed by atoms with Gasteiger partial charge < -0.3 is 20.1 Å². The lowest BCUT2D eigenvalue weighted by molar-refractivity contribution is 0.102. The molecule has 2 aromatic rings. The highest BCUT2D eigenvalue weighted by molar-refractivity contribution is 6.60. The van der Waals surface area contributed by atoms with Gasteiger partial charge in [0.25, 0.3) is 5.91 Å². The van der Waals surface area contributed by atoms with Crippen molar-refractivity contribution in [1.29, 1.82) is 0 Å². The van der Waals surface area contributed by atoms with E-state index >= 15 is 0 Å². The van der Waals surface area contributed by atoms with Crippen molar-refractivity contribution in [3.63, 3.8) is 0 Å². The second-order valence-electron chi connectivity index (χ2n) is 6.55. The van der Waals surface area contributed by atoms with Crippen molar-refractivity contribution < 1.29 is 24.4 Å². The molecule has 0 radical (unpaired) electrons. The number of carbonyl (C=O) groups is 2. The summed E-state index contributed by atoms with van der Waals surface area (Å²) < 4.78 is 5.96. The number of fused-ring (bicyclic) bond motifs is 1. The number of carbonyl (C=O) groups excluding carboxylic acids is 2. The number of ether oxygens (including phenoxy) is 1. The summed E-state index contributed by atoms with van der Waals surface area (Å²) in [4.78, 5) is 23.7. The first-order chi connectivity index (χ1) is 12.3. The normalized spacial score (nSPS) is 14.2. The van der Waals surface area contributed by atoms with E-state index in [9.17, 15) is 19.6 Å². The zero-order valence-electron chi connectivity index (χ0n) is 14.4. The third kappa shape index (κ3) is 3.54. The van der Waals surface area contributed by atoms with Gasteiger partial charge in [-0.3, -0.25) is 9.59 Å². The summed E-state index contributed by atoms with van der Waals surface area (Å²) in [7, 11) is -1.78. The Kier molecular flexibility index (Phi) is 4.67. The molecule has 1 heterocycles. The summed E-state index contributed by atoms with van der Waals surface area (Å²) in [6, 6.07) is 9.51. The highest BCUT2D eigenvalue weighted by Gasteiger charge is 2.25. The molecule has 0 aliphatic carbocycles. The lowest BCUT2D eigenvalue weighted by Gasteiger charge is -2.29. The van der Waals surface area contributed by atoms with Crippen molar-refractivity contribution in [2.45, 2.75) is 19.4 Å². The van der Waals surface area contributed by atoms with Gasteiger partial charge in [0.05, 0.1) is 5.69 Å². The number of para-hydroxylation sites is 1. The molecule has 26 heavy (non-hydrogen) atoms. The quantitative estimate of drug-likeness (QED) is 0.575. The van der Waals surface area contributed by atoms with Crippen LogP contribution < -0.4 is 15.5 Å². The fourth-order valence-corrected chi connectivity index (χ4v) is 2.73. The Morgan fingerprint density at radius 1 is 1.23 bits per heavy atom. The molecule has 0 spiro atoms. The van der Waals surface area contributed by atoms with Gasteiger partial charge in [0.2, 0.25) is 0 Å². The van der Waals surface area contributed by atoms with Gasteiger partial charge in [-0.2, -0.15) is 0 Å². The van der Waals surface area contributed by atoms with Crippen molar-refractivity contribution in [3.8, 4) is 5.75 Å². The van der Waals surface area contributed by atoms with Crippen LogP contribution in [0.4, 0.5) is 5.69 Å². The summed E-state index contributed by atoms with van der Waals surface area (Å²) in [5.74, 6) is 0.141. The zero-order chi connectivity index (χ0) is 18.9. The number of nitrogens with one attached hydrogen (secondary N) is 1. The first-order valence-corrected chi connectivity index (χ1v) is 8.08. The van der Waals surface area contributed by atoms with Gasteiger partial charge >= 0.3 is 7.12 Å². The van der Waals surface area contributed by atoms with Crippen molar-refractivity contribution in [3.05, 3.63) is 59.2 Å². The number of hydrogen-bond donors (Lipinski definition) is 3. The largest absolute Gasteiger partial charge is 0.489 e. The Morgan fingerprint density at radius 3 is 2.69 bits per heavy atom. The number of anilines is 1. The lowest BCUT2D eigenvalue weighted by atomic mass is 9.77. The highest BCUT2D eigenvalue weighted by atomic mass is 16.5. The predicted octanol–water partition coefficient (Wildman–Crippen LogP) is 1.62. The third-order valence-electron chi connectivity index (χ3n) is 4.08. The highest BCUT2D eigenvalue weighted by Crippen LogP contribution is 2.37. The van der Waals surface area contributed by atoms with E-state index in [-0.39, 0.29) is 16.6 Å². The summed E-state index contributed by atoms with van der Waals surface area (Å²) >= 11 is 0. The van der Waals surface area contributed by atoms with Crippen LogP contribution in [0.5, 0.6) is 5.75 Å². The van der Waals surface area contributed by atoms with Crippen LogP contribution in [0.25, 0.3) is 6.08 Å². The second kappa shape index (κ2) is 6.78.